The summed E-state index contributed by atoms with van der Waals surface area (Å²) in [6, 6.07) is 5.10. The Bertz CT molecular complexity index is 349. The maximum atomic E-state index is 10.8. The van der Waals surface area contributed by atoms with Gasteiger partial charge in [-0.3, -0.25) is 0 Å². The summed E-state index contributed by atoms with van der Waals surface area (Å²) < 4.78 is 5.33. The van der Waals surface area contributed by atoms with Gasteiger partial charge >= 0.3 is 5.97 Å². The number of hydrogen-bond acceptors (Lipinski definition) is 3. The van der Waals surface area contributed by atoms with Gasteiger partial charge in [-0.2, -0.15) is 0 Å². The smallest absolute Gasteiger partial charge is 0.336 e. The van der Waals surface area contributed by atoms with Crippen molar-refractivity contribution in [3.63, 3.8) is 0 Å². The summed E-state index contributed by atoms with van der Waals surface area (Å²) in [4.78, 5) is 11.6. The second kappa shape index (κ2) is 3.30. The Kier molecular flexibility index (Phi) is 2.14. The van der Waals surface area contributed by atoms with Crippen LogP contribution in [0.1, 0.15) is 10.4 Å². The Hall–Kier alpha value is -1.16. The standard InChI is InChI=1S/C9H8O3S/c10-9(11)6-2-1-3-7-8(6)13-5-4-12-7/h1-3H,4-5H2,(H,10,11). The number of carboxylic acid groups (broad SMARTS) is 1. The summed E-state index contributed by atoms with van der Waals surface area (Å²) in [7, 11) is 0. The van der Waals surface area contributed by atoms with Crippen LogP contribution >= 0.6 is 11.8 Å². The van der Waals surface area contributed by atoms with E-state index in [0.29, 0.717) is 17.9 Å². The van der Waals surface area contributed by atoms with Crippen LogP contribution in [0, 0.1) is 0 Å². The molecule has 1 heterocycles. The molecule has 0 spiro atoms. The van der Waals surface area contributed by atoms with Crippen molar-refractivity contribution >= 4 is 17.7 Å². The van der Waals surface area contributed by atoms with Crippen LogP contribution in [-0.2, 0) is 0 Å². The average Bonchev–Trinajstić information content (AvgIpc) is 2.17. The topological polar surface area (TPSA) is 46.5 Å². The van der Waals surface area contributed by atoms with Crippen LogP contribution in [0.2, 0.25) is 0 Å². The third-order valence-corrected chi connectivity index (χ3v) is 2.88. The van der Waals surface area contributed by atoms with E-state index in [1.165, 1.54) is 11.8 Å². The number of aromatic carboxylic acids is 1. The minimum Gasteiger partial charge on any atom is -0.492 e. The molecule has 2 rings (SSSR count). The molecule has 1 N–H and O–H groups in total. The number of benzene rings is 1. The van der Waals surface area contributed by atoms with E-state index >= 15 is 0 Å². The van der Waals surface area contributed by atoms with Gasteiger partial charge in [0.15, 0.2) is 0 Å². The number of fused-ring (bicyclic) bond motifs is 1. The van der Waals surface area contributed by atoms with Crippen molar-refractivity contribution in [3.8, 4) is 5.75 Å². The van der Waals surface area contributed by atoms with E-state index in [1.54, 1.807) is 18.2 Å². The zero-order valence-electron chi connectivity index (χ0n) is 6.82. The summed E-state index contributed by atoms with van der Waals surface area (Å²) in [6.07, 6.45) is 0. The first kappa shape index (κ1) is 8.44. The van der Waals surface area contributed by atoms with Gasteiger partial charge in [0, 0.05) is 5.75 Å². The number of thioether (sulfide) groups is 1. The molecule has 68 valence electrons. The largest absolute Gasteiger partial charge is 0.492 e. The molecule has 3 nitrogen and oxygen atoms in total. The number of ether oxygens (including phenoxy) is 1. The van der Waals surface area contributed by atoms with Gasteiger partial charge in [-0.1, -0.05) is 6.07 Å². The Balaban J connectivity index is 2.52. The number of carbonyl (C=O) groups is 1. The lowest BCUT2D eigenvalue weighted by Crippen LogP contribution is -2.10. The molecule has 0 aromatic heterocycles. The molecular weight excluding hydrogens is 188 g/mol. The highest BCUT2D eigenvalue weighted by molar-refractivity contribution is 7.99. The molecule has 0 atom stereocenters. The molecule has 1 aliphatic heterocycles. The highest BCUT2D eigenvalue weighted by atomic mass is 32.2. The molecule has 0 bridgehead atoms. The lowest BCUT2D eigenvalue weighted by atomic mass is 10.2. The quantitative estimate of drug-likeness (QED) is 0.744. The van der Waals surface area contributed by atoms with Crippen LogP contribution in [0.25, 0.3) is 0 Å². The Morgan fingerprint density at radius 3 is 3.15 bits per heavy atom. The van der Waals surface area contributed by atoms with E-state index in [0.717, 1.165) is 10.6 Å². The number of carboxylic acids is 1. The van der Waals surface area contributed by atoms with Gasteiger partial charge in [-0.15, -0.1) is 11.8 Å². The first-order chi connectivity index (χ1) is 6.29. The second-order valence-corrected chi connectivity index (χ2v) is 3.74. The maximum Gasteiger partial charge on any atom is 0.336 e. The fourth-order valence-corrected chi connectivity index (χ4v) is 2.19. The average molecular weight is 196 g/mol. The van der Waals surface area contributed by atoms with Crippen molar-refractivity contribution in [2.75, 3.05) is 12.4 Å². The lowest BCUT2D eigenvalue weighted by molar-refractivity contribution is 0.0692. The van der Waals surface area contributed by atoms with Crippen molar-refractivity contribution in [3.05, 3.63) is 23.8 Å². The van der Waals surface area contributed by atoms with Gasteiger partial charge in [-0.05, 0) is 12.1 Å². The molecule has 0 amide bonds. The van der Waals surface area contributed by atoms with E-state index in [2.05, 4.69) is 0 Å². The van der Waals surface area contributed by atoms with Crippen LogP contribution in [0.4, 0.5) is 0 Å². The SMILES string of the molecule is O=C(O)c1cccc2c1SCCO2. The van der Waals surface area contributed by atoms with E-state index in [9.17, 15) is 4.79 Å². The molecule has 4 heteroatoms. The minimum atomic E-state index is -0.894. The Morgan fingerprint density at radius 2 is 2.38 bits per heavy atom. The summed E-state index contributed by atoms with van der Waals surface area (Å²) in [6.45, 7) is 0.654. The molecule has 13 heavy (non-hydrogen) atoms. The fraction of sp³-hybridized carbons (Fsp3) is 0.222. The molecule has 0 unspecified atom stereocenters. The van der Waals surface area contributed by atoms with Crippen molar-refractivity contribution in [2.24, 2.45) is 0 Å². The zero-order chi connectivity index (χ0) is 9.26. The first-order valence-corrected chi connectivity index (χ1v) is 4.89. The van der Waals surface area contributed by atoms with E-state index in [1.807, 2.05) is 0 Å². The molecule has 0 radical (unpaired) electrons. The highest BCUT2D eigenvalue weighted by Gasteiger charge is 2.18. The molecule has 1 aliphatic rings. The van der Waals surface area contributed by atoms with Crippen molar-refractivity contribution < 1.29 is 14.6 Å². The van der Waals surface area contributed by atoms with Gasteiger partial charge in [0.25, 0.3) is 0 Å². The summed E-state index contributed by atoms with van der Waals surface area (Å²) in [5.41, 5.74) is 0.335. The monoisotopic (exact) mass is 196 g/mol. The summed E-state index contributed by atoms with van der Waals surface area (Å²) >= 11 is 1.54. The lowest BCUT2D eigenvalue weighted by Gasteiger charge is -2.17. The Morgan fingerprint density at radius 1 is 1.54 bits per heavy atom. The normalized spacial score (nSPS) is 14.5. The second-order valence-electron chi connectivity index (χ2n) is 2.63. The van der Waals surface area contributed by atoms with Crippen molar-refractivity contribution in [2.45, 2.75) is 4.90 Å². The molecule has 0 aliphatic carbocycles. The number of hydrogen-bond donors (Lipinski definition) is 1. The third kappa shape index (κ3) is 1.49. The van der Waals surface area contributed by atoms with Gasteiger partial charge < -0.3 is 9.84 Å². The number of rotatable bonds is 1. The van der Waals surface area contributed by atoms with Gasteiger partial charge in [0.1, 0.15) is 5.75 Å². The summed E-state index contributed by atoms with van der Waals surface area (Å²) in [5.74, 6) is 0.614. The van der Waals surface area contributed by atoms with Crippen LogP contribution in [0.5, 0.6) is 5.75 Å². The first-order valence-electron chi connectivity index (χ1n) is 3.91. The van der Waals surface area contributed by atoms with E-state index in [4.69, 9.17) is 9.84 Å². The highest BCUT2D eigenvalue weighted by Crippen LogP contribution is 2.35. The van der Waals surface area contributed by atoms with E-state index < -0.39 is 5.97 Å². The molecule has 0 fully saturated rings. The van der Waals surface area contributed by atoms with Crippen LogP contribution in [0.3, 0.4) is 0 Å². The zero-order valence-corrected chi connectivity index (χ0v) is 7.63. The minimum absolute atomic E-state index is 0.335. The van der Waals surface area contributed by atoms with Gasteiger partial charge in [0.05, 0.1) is 17.1 Å². The predicted molar refractivity (Wildman–Crippen MR) is 49.6 cm³/mol. The maximum absolute atomic E-state index is 10.8. The molecule has 1 aromatic carbocycles. The van der Waals surface area contributed by atoms with Gasteiger partial charge in [0.2, 0.25) is 0 Å². The Labute approximate surface area is 79.7 Å². The molecule has 0 saturated carbocycles. The predicted octanol–water partition coefficient (Wildman–Crippen LogP) is 1.87. The van der Waals surface area contributed by atoms with E-state index in [-0.39, 0.29) is 0 Å². The van der Waals surface area contributed by atoms with Crippen LogP contribution in [0.15, 0.2) is 23.1 Å². The third-order valence-electron chi connectivity index (χ3n) is 1.80. The van der Waals surface area contributed by atoms with Crippen LogP contribution in [-0.4, -0.2) is 23.4 Å². The fourth-order valence-electron chi connectivity index (χ4n) is 1.24. The molecular formula is C9H8O3S. The molecule has 1 aromatic rings. The van der Waals surface area contributed by atoms with Crippen LogP contribution < -0.4 is 4.74 Å². The van der Waals surface area contributed by atoms with Crippen molar-refractivity contribution in [1.82, 2.24) is 0 Å². The van der Waals surface area contributed by atoms with Gasteiger partial charge in [-0.25, -0.2) is 4.79 Å². The summed E-state index contributed by atoms with van der Waals surface area (Å²) in [5, 5.41) is 8.87. The van der Waals surface area contributed by atoms with Crippen molar-refractivity contribution in [1.29, 1.82) is 0 Å². The molecule has 0 saturated heterocycles.